The summed E-state index contributed by atoms with van der Waals surface area (Å²) < 4.78 is 0. The molecular weight excluding hydrogens is 280 g/mol. The molecule has 0 bridgehead atoms. The van der Waals surface area contributed by atoms with Gasteiger partial charge in [-0.25, -0.2) is 0 Å². The first-order chi connectivity index (χ1) is 11.1. The van der Waals surface area contributed by atoms with Crippen molar-refractivity contribution in [3.05, 3.63) is 71.8 Å². The number of para-hydroxylation sites is 2. The van der Waals surface area contributed by atoms with Crippen LogP contribution in [0.2, 0.25) is 0 Å². The second-order valence-electron chi connectivity index (χ2n) is 6.91. The van der Waals surface area contributed by atoms with Gasteiger partial charge in [0.15, 0.2) is 0 Å². The molecule has 1 aliphatic heterocycles. The molecule has 2 heteroatoms. The summed E-state index contributed by atoms with van der Waals surface area (Å²) in [6.07, 6.45) is 0. The minimum atomic E-state index is -0.0102. The van der Waals surface area contributed by atoms with Crippen LogP contribution in [0.5, 0.6) is 0 Å². The molecule has 1 aliphatic rings. The van der Waals surface area contributed by atoms with Crippen molar-refractivity contribution in [3.8, 4) is 0 Å². The van der Waals surface area contributed by atoms with Crippen LogP contribution in [-0.4, -0.2) is 4.98 Å². The number of aromatic amines is 1. The zero-order valence-electron chi connectivity index (χ0n) is 13.3. The average molecular weight is 298 g/mol. The molecule has 0 fully saturated rings. The quantitative estimate of drug-likeness (QED) is 0.428. The van der Waals surface area contributed by atoms with Crippen LogP contribution in [0.25, 0.3) is 21.8 Å². The van der Waals surface area contributed by atoms with Crippen molar-refractivity contribution in [2.24, 2.45) is 0 Å². The molecule has 1 aromatic heterocycles. The standard InChI is InChI=1S/C21H18N2/c1-21(2)15-8-4-6-10-18(15)23-20-12-19-14(11-16(20)21)13-7-3-5-9-17(13)22-19/h3-12,22-23H,1-2H3. The molecule has 2 nitrogen and oxygen atoms in total. The van der Waals surface area contributed by atoms with Gasteiger partial charge in [-0.15, -0.1) is 0 Å². The number of hydrogen-bond acceptors (Lipinski definition) is 1. The molecule has 0 saturated carbocycles. The van der Waals surface area contributed by atoms with Gasteiger partial charge in [0.2, 0.25) is 0 Å². The highest BCUT2D eigenvalue weighted by molar-refractivity contribution is 6.09. The van der Waals surface area contributed by atoms with Crippen molar-refractivity contribution < 1.29 is 0 Å². The molecule has 112 valence electrons. The zero-order chi connectivity index (χ0) is 15.6. The minimum absolute atomic E-state index is 0.0102. The number of benzene rings is 3. The van der Waals surface area contributed by atoms with E-state index in [2.05, 4.69) is 84.8 Å². The van der Waals surface area contributed by atoms with Crippen LogP contribution in [0, 0.1) is 0 Å². The maximum Gasteiger partial charge on any atom is 0.0485 e. The van der Waals surface area contributed by atoms with E-state index in [9.17, 15) is 0 Å². The molecule has 0 radical (unpaired) electrons. The Morgan fingerprint density at radius 3 is 2.39 bits per heavy atom. The predicted octanol–water partition coefficient (Wildman–Crippen LogP) is 5.70. The third-order valence-corrected chi connectivity index (χ3v) is 5.19. The van der Waals surface area contributed by atoms with Gasteiger partial charge in [0, 0.05) is 38.6 Å². The fraction of sp³-hybridized carbons (Fsp3) is 0.143. The lowest BCUT2D eigenvalue weighted by atomic mass is 9.74. The summed E-state index contributed by atoms with van der Waals surface area (Å²) in [5.74, 6) is 0. The highest BCUT2D eigenvalue weighted by Crippen LogP contribution is 2.47. The highest BCUT2D eigenvalue weighted by Gasteiger charge is 2.32. The van der Waals surface area contributed by atoms with Gasteiger partial charge in [0.05, 0.1) is 0 Å². The van der Waals surface area contributed by atoms with E-state index in [1.807, 2.05) is 0 Å². The lowest BCUT2D eigenvalue weighted by Crippen LogP contribution is -2.25. The summed E-state index contributed by atoms with van der Waals surface area (Å²) in [6.45, 7) is 4.62. The monoisotopic (exact) mass is 298 g/mol. The van der Waals surface area contributed by atoms with Gasteiger partial charge in [0.1, 0.15) is 0 Å². The first kappa shape index (κ1) is 12.8. The van der Waals surface area contributed by atoms with Crippen LogP contribution in [0.3, 0.4) is 0 Å². The topological polar surface area (TPSA) is 27.8 Å². The molecule has 0 saturated heterocycles. The van der Waals surface area contributed by atoms with Crippen LogP contribution in [0.15, 0.2) is 60.7 Å². The Kier molecular flexibility index (Phi) is 2.31. The summed E-state index contributed by atoms with van der Waals surface area (Å²) in [6, 6.07) is 21.7. The van der Waals surface area contributed by atoms with Crippen molar-refractivity contribution in [3.63, 3.8) is 0 Å². The van der Waals surface area contributed by atoms with Gasteiger partial charge in [-0.2, -0.15) is 0 Å². The number of aromatic nitrogens is 1. The van der Waals surface area contributed by atoms with Gasteiger partial charge in [-0.3, -0.25) is 0 Å². The molecule has 4 aromatic rings. The Morgan fingerprint density at radius 1 is 0.696 bits per heavy atom. The van der Waals surface area contributed by atoms with Crippen molar-refractivity contribution >= 4 is 33.2 Å². The second kappa shape index (κ2) is 4.17. The van der Waals surface area contributed by atoms with Gasteiger partial charge in [0.25, 0.3) is 0 Å². The van der Waals surface area contributed by atoms with Crippen LogP contribution in [0.4, 0.5) is 11.4 Å². The van der Waals surface area contributed by atoms with Crippen molar-refractivity contribution in [2.75, 3.05) is 5.32 Å². The van der Waals surface area contributed by atoms with Crippen molar-refractivity contribution in [1.82, 2.24) is 4.98 Å². The maximum atomic E-state index is 3.61. The number of H-pyrrole nitrogens is 1. The fourth-order valence-electron chi connectivity index (χ4n) is 3.95. The van der Waals surface area contributed by atoms with Crippen LogP contribution in [-0.2, 0) is 5.41 Å². The van der Waals surface area contributed by atoms with Crippen LogP contribution >= 0.6 is 0 Å². The van der Waals surface area contributed by atoms with E-state index in [0.717, 1.165) is 0 Å². The highest BCUT2D eigenvalue weighted by atomic mass is 14.9. The molecule has 3 aromatic carbocycles. The molecule has 0 atom stereocenters. The van der Waals surface area contributed by atoms with Crippen LogP contribution < -0.4 is 5.32 Å². The summed E-state index contributed by atoms with van der Waals surface area (Å²) in [4.78, 5) is 3.54. The first-order valence-corrected chi connectivity index (χ1v) is 8.06. The number of hydrogen-bond donors (Lipinski definition) is 2. The number of rotatable bonds is 0. The first-order valence-electron chi connectivity index (χ1n) is 8.06. The fourth-order valence-corrected chi connectivity index (χ4v) is 3.95. The SMILES string of the molecule is CC1(C)c2ccccc2Nc2cc3[nH]c4ccccc4c3cc21. The normalized spacial score (nSPS) is 15.2. The Labute approximate surface area is 135 Å². The predicted molar refractivity (Wildman–Crippen MR) is 97.7 cm³/mol. The molecule has 0 aliphatic carbocycles. The summed E-state index contributed by atoms with van der Waals surface area (Å²) in [5, 5.41) is 6.20. The maximum absolute atomic E-state index is 3.61. The number of fused-ring (bicyclic) bond motifs is 5. The number of anilines is 2. The molecular formula is C21H18N2. The van der Waals surface area contributed by atoms with Crippen molar-refractivity contribution in [1.29, 1.82) is 0 Å². The summed E-state index contributed by atoms with van der Waals surface area (Å²) in [5.41, 5.74) is 7.49. The van der Waals surface area contributed by atoms with Gasteiger partial charge in [-0.05, 0) is 35.4 Å². The van der Waals surface area contributed by atoms with E-state index >= 15 is 0 Å². The molecule has 0 amide bonds. The smallest absolute Gasteiger partial charge is 0.0485 e. The van der Waals surface area contributed by atoms with E-state index in [-0.39, 0.29) is 5.41 Å². The van der Waals surface area contributed by atoms with E-state index < -0.39 is 0 Å². The Bertz CT molecular complexity index is 1070. The van der Waals surface area contributed by atoms with Crippen molar-refractivity contribution in [2.45, 2.75) is 19.3 Å². The largest absolute Gasteiger partial charge is 0.355 e. The van der Waals surface area contributed by atoms with Crippen LogP contribution in [0.1, 0.15) is 25.0 Å². The lowest BCUT2D eigenvalue weighted by molar-refractivity contribution is 0.639. The van der Waals surface area contributed by atoms with Gasteiger partial charge < -0.3 is 10.3 Å². The van der Waals surface area contributed by atoms with Gasteiger partial charge in [-0.1, -0.05) is 50.2 Å². The third-order valence-electron chi connectivity index (χ3n) is 5.19. The Morgan fingerprint density at radius 2 is 1.48 bits per heavy atom. The minimum Gasteiger partial charge on any atom is -0.355 e. The summed E-state index contributed by atoms with van der Waals surface area (Å²) >= 11 is 0. The van der Waals surface area contributed by atoms with E-state index in [1.54, 1.807) is 0 Å². The lowest BCUT2D eigenvalue weighted by Gasteiger charge is -2.35. The third kappa shape index (κ3) is 1.63. The summed E-state index contributed by atoms with van der Waals surface area (Å²) in [7, 11) is 0. The molecule has 5 rings (SSSR count). The van der Waals surface area contributed by atoms with E-state index in [1.165, 1.54) is 44.3 Å². The molecule has 23 heavy (non-hydrogen) atoms. The number of nitrogens with one attached hydrogen (secondary N) is 2. The Hall–Kier alpha value is -2.74. The zero-order valence-corrected chi connectivity index (χ0v) is 13.3. The molecule has 2 heterocycles. The molecule has 0 spiro atoms. The van der Waals surface area contributed by atoms with E-state index in [0.29, 0.717) is 0 Å². The second-order valence-corrected chi connectivity index (χ2v) is 6.91. The van der Waals surface area contributed by atoms with E-state index in [4.69, 9.17) is 0 Å². The molecule has 2 N–H and O–H groups in total. The molecule has 0 unspecified atom stereocenters. The van der Waals surface area contributed by atoms with Gasteiger partial charge >= 0.3 is 0 Å². The average Bonchev–Trinajstić information content (AvgIpc) is 2.91. The Balaban J connectivity index is 1.86.